The minimum atomic E-state index is -0.851. The maximum atomic E-state index is 11.4. The molecule has 17 heavy (non-hydrogen) atoms. The number of amides is 1. The van der Waals surface area contributed by atoms with Crippen LogP contribution in [0, 0.1) is 5.92 Å². The SMILES string of the molecule is CC(CNC(=O)COC1(C)CNC1)CC(=O)O. The third kappa shape index (κ3) is 5.14. The molecular formula is C11H20N2O4. The predicted molar refractivity (Wildman–Crippen MR) is 61.7 cm³/mol. The molecule has 1 unspecified atom stereocenters. The number of hydrogen-bond acceptors (Lipinski definition) is 4. The molecule has 6 nitrogen and oxygen atoms in total. The van der Waals surface area contributed by atoms with Crippen LogP contribution in [0.15, 0.2) is 0 Å². The fraction of sp³-hybridized carbons (Fsp3) is 0.818. The quantitative estimate of drug-likeness (QED) is 0.567. The van der Waals surface area contributed by atoms with Crippen LogP contribution in [0.5, 0.6) is 0 Å². The average Bonchev–Trinajstić information content (AvgIpc) is 2.20. The van der Waals surface area contributed by atoms with Crippen molar-refractivity contribution < 1.29 is 19.4 Å². The van der Waals surface area contributed by atoms with Crippen molar-refractivity contribution in [1.82, 2.24) is 10.6 Å². The van der Waals surface area contributed by atoms with Crippen LogP contribution in [-0.2, 0) is 14.3 Å². The summed E-state index contributed by atoms with van der Waals surface area (Å²) in [4.78, 5) is 21.8. The lowest BCUT2D eigenvalue weighted by atomic mass is 10.0. The van der Waals surface area contributed by atoms with E-state index in [1.165, 1.54) is 0 Å². The number of carbonyl (C=O) groups excluding carboxylic acids is 1. The van der Waals surface area contributed by atoms with Crippen LogP contribution in [0.25, 0.3) is 0 Å². The largest absolute Gasteiger partial charge is 0.481 e. The van der Waals surface area contributed by atoms with E-state index in [-0.39, 0.29) is 30.5 Å². The van der Waals surface area contributed by atoms with Crippen molar-refractivity contribution in [2.75, 3.05) is 26.2 Å². The molecule has 0 aromatic rings. The molecule has 0 aromatic carbocycles. The van der Waals surface area contributed by atoms with Gasteiger partial charge in [0, 0.05) is 26.1 Å². The highest BCUT2D eigenvalue weighted by molar-refractivity contribution is 5.77. The van der Waals surface area contributed by atoms with E-state index < -0.39 is 5.97 Å². The van der Waals surface area contributed by atoms with Gasteiger partial charge in [-0.15, -0.1) is 0 Å². The van der Waals surface area contributed by atoms with Crippen molar-refractivity contribution in [2.24, 2.45) is 5.92 Å². The number of nitrogens with one attached hydrogen (secondary N) is 2. The van der Waals surface area contributed by atoms with Gasteiger partial charge in [0.1, 0.15) is 6.61 Å². The first-order chi connectivity index (χ1) is 7.91. The highest BCUT2D eigenvalue weighted by Crippen LogP contribution is 2.14. The predicted octanol–water partition coefficient (Wildman–Crippen LogP) is -0.408. The fourth-order valence-corrected chi connectivity index (χ4v) is 1.53. The minimum absolute atomic E-state index is 0.0258. The molecule has 1 aliphatic rings. The van der Waals surface area contributed by atoms with Crippen molar-refractivity contribution in [1.29, 1.82) is 0 Å². The number of aliphatic carboxylic acids is 1. The summed E-state index contributed by atoms with van der Waals surface area (Å²) >= 11 is 0. The lowest BCUT2D eigenvalue weighted by molar-refractivity contribution is -0.139. The molecular weight excluding hydrogens is 224 g/mol. The summed E-state index contributed by atoms with van der Waals surface area (Å²) < 4.78 is 5.45. The monoisotopic (exact) mass is 244 g/mol. The van der Waals surface area contributed by atoms with E-state index >= 15 is 0 Å². The standard InChI is InChI=1S/C11H20N2O4/c1-8(3-10(15)16)4-13-9(14)5-17-11(2)6-12-7-11/h8,12H,3-7H2,1-2H3,(H,13,14)(H,15,16). The number of carboxylic acid groups (broad SMARTS) is 1. The van der Waals surface area contributed by atoms with Gasteiger partial charge < -0.3 is 20.5 Å². The normalized spacial score (nSPS) is 19.2. The van der Waals surface area contributed by atoms with Crippen LogP contribution < -0.4 is 10.6 Å². The lowest BCUT2D eigenvalue weighted by Gasteiger charge is -2.38. The Morgan fingerprint density at radius 2 is 2.18 bits per heavy atom. The molecule has 98 valence electrons. The van der Waals surface area contributed by atoms with Crippen molar-refractivity contribution in [3.05, 3.63) is 0 Å². The first kappa shape index (κ1) is 13.9. The van der Waals surface area contributed by atoms with Gasteiger partial charge in [0.15, 0.2) is 0 Å². The smallest absolute Gasteiger partial charge is 0.303 e. The number of hydrogen-bond donors (Lipinski definition) is 3. The summed E-state index contributed by atoms with van der Waals surface area (Å²) in [6, 6.07) is 0. The van der Waals surface area contributed by atoms with E-state index in [1.54, 1.807) is 6.92 Å². The van der Waals surface area contributed by atoms with E-state index in [1.807, 2.05) is 6.92 Å². The number of carboxylic acids is 1. The van der Waals surface area contributed by atoms with Crippen LogP contribution in [-0.4, -0.2) is 48.8 Å². The molecule has 1 rings (SSSR count). The van der Waals surface area contributed by atoms with Gasteiger partial charge in [0.2, 0.25) is 5.91 Å². The van der Waals surface area contributed by atoms with Crippen LogP contribution in [0.2, 0.25) is 0 Å². The highest BCUT2D eigenvalue weighted by atomic mass is 16.5. The molecule has 1 saturated heterocycles. The molecule has 6 heteroatoms. The fourth-order valence-electron chi connectivity index (χ4n) is 1.53. The molecule has 0 saturated carbocycles. The van der Waals surface area contributed by atoms with Crippen molar-refractivity contribution >= 4 is 11.9 Å². The summed E-state index contributed by atoms with van der Waals surface area (Å²) in [6.07, 6.45) is 0.0583. The molecule has 1 heterocycles. The van der Waals surface area contributed by atoms with Crippen LogP contribution in [0.4, 0.5) is 0 Å². The van der Waals surface area contributed by atoms with Gasteiger partial charge in [-0.2, -0.15) is 0 Å². The lowest BCUT2D eigenvalue weighted by Crippen LogP contribution is -2.59. The zero-order chi connectivity index (χ0) is 12.9. The Hall–Kier alpha value is -1.14. The molecule has 1 fully saturated rings. The molecule has 0 spiro atoms. The Bertz CT molecular complexity index is 289. The Balaban J connectivity index is 2.10. The number of rotatable bonds is 7. The second-order valence-corrected chi connectivity index (χ2v) is 4.85. The molecule has 1 atom stereocenters. The van der Waals surface area contributed by atoms with Crippen LogP contribution in [0.3, 0.4) is 0 Å². The van der Waals surface area contributed by atoms with Crippen molar-refractivity contribution in [2.45, 2.75) is 25.9 Å². The average molecular weight is 244 g/mol. The van der Waals surface area contributed by atoms with Gasteiger partial charge in [-0.25, -0.2) is 0 Å². The summed E-state index contributed by atoms with van der Waals surface area (Å²) in [6.45, 7) is 5.64. The maximum Gasteiger partial charge on any atom is 0.303 e. The molecule has 1 aliphatic heterocycles. The molecule has 3 N–H and O–H groups in total. The highest BCUT2D eigenvalue weighted by Gasteiger charge is 2.32. The summed E-state index contributed by atoms with van der Waals surface area (Å²) in [7, 11) is 0. The first-order valence-electron chi connectivity index (χ1n) is 5.74. The van der Waals surface area contributed by atoms with E-state index in [4.69, 9.17) is 9.84 Å². The summed E-state index contributed by atoms with van der Waals surface area (Å²) in [5, 5.41) is 14.3. The topological polar surface area (TPSA) is 87.7 Å². The molecule has 0 radical (unpaired) electrons. The van der Waals surface area contributed by atoms with Crippen molar-refractivity contribution in [3.63, 3.8) is 0 Å². The van der Waals surface area contributed by atoms with Gasteiger partial charge in [-0.05, 0) is 12.8 Å². The molecule has 0 bridgehead atoms. The third-order valence-corrected chi connectivity index (χ3v) is 2.72. The summed E-state index contributed by atoms with van der Waals surface area (Å²) in [5.41, 5.74) is -0.232. The second-order valence-electron chi connectivity index (χ2n) is 4.85. The maximum absolute atomic E-state index is 11.4. The van der Waals surface area contributed by atoms with E-state index in [0.717, 1.165) is 13.1 Å². The molecule has 1 amide bonds. The number of ether oxygens (including phenoxy) is 1. The van der Waals surface area contributed by atoms with Crippen LogP contribution >= 0.6 is 0 Å². The Morgan fingerprint density at radius 1 is 1.53 bits per heavy atom. The van der Waals surface area contributed by atoms with Crippen LogP contribution in [0.1, 0.15) is 20.3 Å². The van der Waals surface area contributed by atoms with E-state index in [9.17, 15) is 9.59 Å². The second kappa shape index (κ2) is 5.97. The Kier molecular flexibility index (Phi) is 4.89. The van der Waals surface area contributed by atoms with Gasteiger partial charge >= 0.3 is 5.97 Å². The first-order valence-corrected chi connectivity index (χ1v) is 5.74. The summed E-state index contributed by atoms with van der Waals surface area (Å²) in [5.74, 6) is -1.12. The van der Waals surface area contributed by atoms with E-state index in [0.29, 0.717) is 6.54 Å². The van der Waals surface area contributed by atoms with Gasteiger partial charge in [-0.3, -0.25) is 9.59 Å². The van der Waals surface area contributed by atoms with Crippen molar-refractivity contribution in [3.8, 4) is 0 Å². The zero-order valence-electron chi connectivity index (χ0n) is 10.3. The van der Waals surface area contributed by atoms with E-state index in [2.05, 4.69) is 10.6 Å². The zero-order valence-corrected chi connectivity index (χ0v) is 10.3. The minimum Gasteiger partial charge on any atom is -0.481 e. The van der Waals surface area contributed by atoms with Gasteiger partial charge in [0.25, 0.3) is 0 Å². The molecule has 0 aliphatic carbocycles. The van der Waals surface area contributed by atoms with Gasteiger partial charge in [0.05, 0.1) is 5.60 Å². The Labute approximate surface area is 101 Å². The molecule has 0 aromatic heterocycles. The number of carbonyl (C=O) groups is 2. The van der Waals surface area contributed by atoms with Gasteiger partial charge in [-0.1, -0.05) is 6.92 Å². The third-order valence-electron chi connectivity index (χ3n) is 2.72. The Morgan fingerprint density at radius 3 is 2.65 bits per heavy atom.